The predicted octanol–water partition coefficient (Wildman–Crippen LogP) is 5.91. The van der Waals surface area contributed by atoms with Crippen LogP contribution in [0.5, 0.6) is 0 Å². The van der Waals surface area contributed by atoms with Crippen LogP contribution >= 0.6 is 8.60 Å². The number of para-hydroxylation sites is 1. The monoisotopic (exact) mass is 759 g/mol. The number of carbonyl (C=O) groups excluding carboxylic acids is 2. The number of unbranched alkanes of at least 4 members (excludes halogenated alkanes) is 3. The Kier molecular flexibility index (Phi) is 22.0. The van der Waals surface area contributed by atoms with Crippen LogP contribution in [0.15, 0.2) is 48.5 Å². The topological polar surface area (TPSA) is 156 Å². The van der Waals surface area contributed by atoms with Crippen molar-refractivity contribution in [3.05, 3.63) is 54.1 Å². The van der Waals surface area contributed by atoms with Crippen molar-refractivity contribution in [3.63, 3.8) is 0 Å². The smallest absolute Gasteiger partial charge is 0.329 e. The van der Waals surface area contributed by atoms with Gasteiger partial charge in [0.1, 0.15) is 5.69 Å². The minimum absolute atomic E-state index is 0.0743. The number of nitrogens with zero attached hydrogens (tertiary/aromatic N) is 4. The van der Waals surface area contributed by atoms with E-state index in [1.165, 1.54) is 7.11 Å². The van der Waals surface area contributed by atoms with E-state index >= 15 is 0 Å². The first-order valence-electron chi connectivity index (χ1n) is 18.7. The number of amides is 2. The van der Waals surface area contributed by atoms with Crippen LogP contribution in [0.3, 0.4) is 0 Å². The maximum atomic E-state index is 13.8. The minimum atomic E-state index is -1.78. The quantitative estimate of drug-likeness (QED) is 0.0783. The van der Waals surface area contributed by atoms with Crippen LogP contribution in [0.2, 0.25) is 0 Å². The molecule has 0 spiro atoms. The van der Waals surface area contributed by atoms with Crippen molar-refractivity contribution >= 4 is 26.1 Å². The van der Waals surface area contributed by atoms with Crippen LogP contribution in [-0.4, -0.2) is 105 Å². The van der Waals surface area contributed by atoms with Crippen LogP contribution in [0.1, 0.15) is 64.9 Å². The van der Waals surface area contributed by atoms with E-state index in [-0.39, 0.29) is 24.7 Å². The second-order valence-corrected chi connectivity index (χ2v) is 12.8. The molecule has 0 aliphatic carbocycles. The molecule has 15 heteroatoms. The second-order valence-electron chi connectivity index (χ2n) is 11.7. The molecule has 294 valence electrons. The highest BCUT2D eigenvalue weighted by molar-refractivity contribution is 7.40. The van der Waals surface area contributed by atoms with Crippen LogP contribution in [-0.2, 0) is 50.7 Å². The largest absolute Gasteiger partial charge is 0.379 e. The van der Waals surface area contributed by atoms with Crippen molar-refractivity contribution in [1.82, 2.24) is 20.3 Å². The lowest BCUT2D eigenvalue weighted by Gasteiger charge is -2.28. The lowest BCUT2D eigenvalue weighted by Crippen LogP contribution is -2.33. The summed E-state index contributed by atoms with van der Waals surface area (Å²) in [6.07, 6.45) is 3.64. The molecule has 1 aliphatic heterocycles. The van der Waals surface area contributed by atoms with E-state index in [1.807, 2.05) is 74.0 Å². The van der Waals surface area contributed by atoms with Gasteiger partial charge in [-0.2, -0.15) is 0 Å². The molecule has 14 nitrogen and oxygen atoms in total. The third-order valence-corrected chi connectivity index (χ3v) is 8.89. The number of fused-ring (bicyclic) bond motifs is 5. The molecular weight excluding hydrogens is 701 g/mol. The van der Waals surface area contributed by atoms with E-state index in [0.717, 1.165) is 53.8 Å². The molecule has 1 aromatic heterocycles. The SMILES string of the molecule is CC.CCOCCOCCOCCOCCn1nnc2c1-c1ccccc1CN(C(=O)CCC(=O)NCCCCCCOP(O)OC)c1ccccc1-2. The lowest BCUT2D eigenvalue weighted by atomic mass is 9.95. The zero-order valence-corrected chi connectivity index (χ0v) is 32.7. The van der Waals surface area contributed by atoms with Gasteiger partial charge in [0.05, 0.1) is 77.3 Å². The van der Waals surface area contributed by atoms with Crippen LogP contribution < -0.4 is 10.2 Å². The van der Waals surface area contributed by atoms with Gasteiger partial charge in [-0.15, -0.1) is 5.10 Å². The Hall–Kier alpha value is -3.33. The molecule has 4 rings (SSSR count). The number of aromatic nitrogens is 3. The third kappa shape index (κ3) is 15.1. The maximum Gasteiger partial charge on any atom is 0.329 e. The summed E-state index contributed by atoms with van der Waals surface area (Å²) in [5.41, 5.74) is 4.97. The molecule has 0 fully saturated rings. The normalized spacial score (nSPS) is 12.4. The van der Waals surface area contributed by atoms with Gasteiger partial charge in [0, 0.05) is 44.2 Å². The van der Waals surface area contributed by atoms with E-state index in [2.05, 4.69) is 15.6 Å². The van der Waals surface area contributed by atoms with Gasteiger partial charge < -0.3 is 43.1 Å². The van der Waals surface area contributed by atoms with E-state index in [4.69, 9.17) is 28.0 Å². The summed E-state index contributed by atoms with van der Waals surface area (Å²) in [5.74, 6) is -0.296. The highest BCUT2D eigenvalue weighted by atomic mass is 31.2. The zero-order chi connectivity index (χ0) is 38.1. The Labute approximate surface area is 315 Å². The van der Waals surface area contributed by atoms with Gasteiger partial charge in [-0.3, -0.25) is 9.59 Å². The fourth-order valence-electron chi connectivity index (χ4n) is 5.60. The number of rotatable bonds is 25. The fraction of sp³-hybridized carbons (Fsp3) is 0.579. The van der Waals surface area contributed by atoms with Crippen molar-refractivity contribution in [1.29, 1.82) is 0 Å². The van der Waals surface area contributed by atoms with E-state index in [1.54, 1.807) is 4.90 Å². The standard InChI is InChI=1S/C36H52N5O9P.C2H6/c1-3-46-22-23-48-26-27-49-25-24-47-21-19-41-36-30-13-7-6-12-29(30)28-40(32-15-9-8-14-31(32)35(36)38-39-41)34(43)17-16-33(42)37-18-10-4-5-11-20-50-51(44)45-2;1-2/h6-9,12-15,44H,3-5,10-11,16-28H2,1-2H3,(H,37,42);1-2H3. The van der Waals surface area contributed by atoms with E-state index in [0.29, 0.717) is 84.8 Å². The number of benzene rings is 2. The van der Waals surface area contributed by atoms with Crippen LogP contribution in [0.25, 0.3) is 22.5 Å². The first kappa shape index (κ1) is 44.1. The summed E-state index contributed by atoms with van der Waals surface area (Å²) in [5, 5.41) is 12.1. The molecule has 2 amide bonds. The number of ether oxygens (including phenoxy) is 4. The van der Waals surface area contributed by atoms with Gasteiger partial charge in [0.15, 0.2) is 0 Å². The highest BCUT2D eigenvalue weighted by Crippen LogP contribution is 2.41. The van der Waals surface area contributed by atoms with Gasteiger partial charge in [-0.25, -0.2) is 4.68 Å². The molecule has 0 saturated carbocycles. The molecule has 0 saturated heterocycles. The Balaban J connectivity index is 0.00000372. The predicted molar refractivity (Wildman–Crippen MR) is 205 cm³/mol. The van der Waals surface area contributed by atoms with Crippen LogP contribution in [0, 0.1) is 0 Å². The summed E-state index contributed by atoms with van der Waals surface area (Å²) in [6.45, 7) is 11.9. The summed E-state index contributed by atoms with van der Waals surface area (Å²) in [4.78, 5) is 37.5. The first-order valence-corrected chi connectivity index (χ1v) is 19.8. The maximum absolute atomic E-state index is 13.8. The summed E-state index contributed by atoms with van der Waals surface area (Å²) in [6, 6.07) is 15.7. The van der Waals surface area contributed by atoms with Gasteiger partial charge in [-0.05, 0) is 31.4 Å². The number of anilines is 1. The van der Waals surface area contributed by atoms with Gasteiger partial charge >= 0.3 is 8.60 Å². The summed E-state index contributed by atoms with van der Waals surface area (Å²) < 4.78 is 33.8. The molecule has 1 aliphatic rings. The Bertz CT molecular complexity index is 1480. The lowest BCUT2D eigenvalue weighted by molar-refractivity contribution is -0.125. The third-order valence-electron chi connectivity index (χ3n) is 8.17. The van der Waals surface area contributed by atoms with Crippen molar-refractivity contribution in [3.8, 4) is 22.5 Å². The summed E-state index contributed by atoms with van der Waals surface area (Å²) in [7, 11) is -0.379. The van der Waals surface area contributed by atoms with Crippen molar-refractivity contribution < 1.29 is 42.5 Å². The zero-order valence-electron chi connectivity index (χ0n) is 31.8. The van der Waals surface area contributed by atoms with Crippen LogP contribution in [0.4, 0.5) is 5.69 Å². The second kappa shape index (κ2) is 26.4. The molecule has 53 heavy (non-hydrogen) atoms. The fourth-order valence-corrected chi connectivity index (χ4v) is 5.99. The van der Waals surface area contributed by atoms with Gasteiger partial charge in [-0.1, -0.05) is 74.4 Å². The summed E-state index contributed by atoms with van der Waals surface area (Å²) >= 11 is 0. The van der Waals surface area contributed by atoms with E-state index in [9.17, 15) is 14.5 Å². The Morgan fingerprint density at radius 2 is 1.45 bits per heavy atom. The minimum Gasteiger partial charge on any atom is -0.379 e. The number of hydrogen-bond donors (Lipinski definition) is 2. The van der Waals surface area contributed by atoms with Crippen molar-refractivity contribution in [2.24, 2.45) is 0 Å². The van der Waals surface area contributed by atoms with E-state index < -0.39 is 8.60 Å². The molecule has 3 aromatic rings. The molecule has 2 aromatic carbocycles. The highest BCUT2D eigenvalue weighted by Gasteiger charge is 2.29. The van der Waals surface area contributed by atoms with Gasteiger partial charge in [0.2, 0.25) is 11.8 Å². The van der Waals surface area contributed by atoms with Gasteiger partial charge in [0.25, 0.3) is 0 Å². The molecule has 1 unspecified atom stereocenters. The number of carbonyl (C=O) groups is 2. The molecule has 2 heterocycles. The molecule has 0 radical (unpaired) electrons. The molecule has 2 N–H and O–H groups in total. The Morgan fingerprint density at radius 1 is 0.811 bits per heavy atom. The molecular formula is C38H58N5O9P. The average Bonchev–Trinajstić information content (AvgIpc) is 3.60. The van der Waals surface area contributed by atoms with Crippen molar-refractivity contribution in [2.75, 3.05) is 78.0 Å². The average molecular weight is 760 g/mol. The van der Waals surface area contributed by atoms with Crippen molar-refractivity contribution in [2.45, 2.75) is 72.4 Å². The number of nitrogens with one attached hydrogen (secondary N) is 1. The molecule has 0 bridgehead atoms. The Morgan fingerprint density at radius 3 is 2.17 bits per heavy atom. The molecule has 1 atom stereocenters. The first-order chi connectivity index (χ1) is 26.0. The number of hydrogen-bond acceptors (Lipinski definition) is 11.